The summed E-state index contributed by atoms with van der Waals surface area (Å²) in [6.07, 6.45) is 0. The molecule has 3 N–H and O–H groups in total. The number of halogens is 1. The predicted octanol–water partition coefficient (Wildman–Crippen LogP) is 3.57. The third kappa shape index (κ3) is 2.53. The third-order valence-corrected chi connectivity index (χ3v) is 4.17. The van der Waals surface area contributed by atoms with Crippen molar-refractivity contribution in [3.8, 4) is 0 Å². The van der Waals surface area contributed by atoms with Gasteiger partial charge in [-0.25, -0.2) is 5.43 Å². The van der Waals surface area contributed by atoms with Crippen molar-refractivity contribution in [1.82, 2.24) is 5.43 Å². The Balaban J connectivity index is 2.42. The van der Waals surface area contributed by atoms with Gasteiger partial charge in [-0.1, -0.05) is 23.7 Å². The fourth-order valence-corrected chi connectivity index (χ4v) is 2.78. The molecular formula is C13H15ClN2S. The molecule has 2 nitrogen and oxygen atoms in total. The van der Waals surface area contributed by atoms with E-state index in [0.717, 1.165) is 16.1 Å². The Labute approximate surface area is 110 Å². The van der Waals surface area contributed by atoms with E-state index < -0.39 is 0 Å². The van der Waals surface area contributed by atoms with Crippen LogP contribution in [0.1, 0.15) is 27.6 Å². The molecule has 0 radical (unpaired) electrons. The SMILES string of the molecule is Cc1ccc(C(NN)c2ccsc2C)cc1Cl. The molecule has 0 aliphatic rings. The lowest BCUT2D eigenvalue weighted by atomic mass is 9.99. The average Bonchev–Trinajstić information content (AvgIpc) is 2.71. The van der Waals surface area contributed by atoms with Crippen LogP contribution < -0.4 is 11.3 Å². The van der Waals surface area contributed by atoms with E-state index in [-0.39, 0.29) is 6.04 Å². The number of thiophene rings is 1. The highest BCUT2D eigenvalue weighted by molar-refractivity contribution is 7.10. The molecule has 0 amide bonds. The van der Waals surface area contributed by atoms with Crippen LogP contribution >= 0.6 is 22.9 Å². The van der Waals surface area contributed by atoms with E-state index in [0.29, 0.717) is 0 Å². The molecule has 1 heterocycles. The monoisotopic (exact) mass is 266 g/mol. The molecule has 0 fully saturated rings. The summed E-state index contributed by atoms with van der Waals surface area (Å²) in [5.41, 5.74) is 6.23. The largest absolute Gasteiger partial charge is 0.271 e. The lowest BCUT2D eigenvalue weighted by Gasteiger charge is -2.17. The highest BCUT2D eigenvalue weighted by Crippen LogP contribution is 2.29. The van der Waals surface area contributed by atoms with Crippen LogP contribution in [0.4, 0.5) is 0 Å². The number of aryl methyl sites for hydroxylation is 2. The van der Waals surface area contributed by atoms with Gasteiger partial charge in [0.2, 0.25) is 0 Å². The minimum Gasteiger partial charge on any atom is -0.271 e. The van der Waals surface area contributed by atoms with Crippen LogP contribution in [0.25, 0.3) is 0 Å². The van der Waals surface area contributed by atoms with Gasteiger partial charge < -0.3 is 0 Å². The molecule has 1 unspecified atom stereocenters. The summed E-state index contributed by atoms with van der Waals surface area (Å²) < 4.78 is 0. The summed E-state index contributed by atoms with van der Waals surface area (Å²) in [5, 5.41) is 2.85. The second-order valence-electron chi connectivity index (χ2n) is 4.04. The molecular weight excluding hydrogens is 252 g/mol. The molecule has 0 bridgehead atoms. The van der Waals surface area contributed by atoms with Gasteiger partial charge in [-0.15, -0.1) is 11.3 Å². The molecule has 1 aromatic carbocycles. The maximum Gasteiger partial charge on any atom is 0.0721 e. The van der Waals surface area contributed by atoms with Crippen molar-refractivity contribution in [3.05, 3.63) is 56.2 Å². The quantitative estimate of drug-likeness (QED) is 0.658. The van der Waals surface area contributed by atoms with E-state index in [4.69, 9.17) is 17.4 Å². The minimum absolute atomic E-state index is 0.000602. The fraction of sp³-hybridized carbons (Fsp3) is 0.231. The van der Waals surface area contributed by atoms with Crippen molar-refractivity contribution < 1.29 is 0 Å². The second-order valence-corrected chi connectivity index (χ2v) is 5.57. The van der Waals surface area contributed by atoms with Crippen LogP contribution in [-0.2, 0) is 0 Å². The molecule has 90 valence electrons. The first-order valence-electron chi connectivity index (χ1n) is 5.39. The van der Waals surface area contributed by atoms with Gasteiger partial charge in [-0.05, 0) is 48.1 Å². The van der Waals surface area contributed by atoms with E-state index >= 15 is 0 Å². The highest BCUT2D eigenvalue weighted by Gasteiger charge is 2.16. The van der Waals surface area contributed by atoms with Gasteiger partial charge in [0.25, 0.3) is 0 Å². The Morgan fingerprint density at radius 2 is 2.06 bits per heavy atom. The zero-order chi connectivity index (χ0) is 12.4. The standard InChI is InChI=1S/C13H15ClN2S/c1-8-3-4-10(7-12(8)14)13(16-15)11-5-6-17-9(11)2/h3-7,13,16H,15H2,1-2H3. The fourth-order valence-electron chi connectivity index (χ4n) is 1.85. The summed E-state index contributed by atoms with van der Waals surface area (Å²) in [5.74, 6) is 5.66. The van der Waals surface area contributed by atoms with E-state index in [1.165, 1.54) is 10.4 Å². The van der Waals surface area contributed by atoms with Crippen LogP contribution in [0, 0.1) is 13.8 Å². The first kappa shape index (κ1) is 12.6. The van der Waals surface area contributed by atoms with E-state index in [1.807, 2.05) is 19.1 Å². The zero-order valence-electron chi connectivity index (χ0n) is 9.83. The van der Waals surface area contributed by atoms with Crippen molar-refractivity contribution in [2.24, 2.45) is 5.84 Å². The summed E-state index contributed by atoms with van der Waals surface area (Å²) in [6.45, 7) is 4.09. The van der Waals surface area contributed by atoms with Crippen LogP contribution in [0.5, 0.6) is 0 Å². The van der Waals surface area contributed by atoms with Gasteiger partial charge in [0.1, 0.15) is 0 Å². The van der Waals surface area contributed by atoms with Crippen molar-refractivity contribution in [2.45, 2.75) is 19.9 Å². The summed E-state index contributed by atoms with van der Waals surface area (Å²) >= 11 is 7.87. The molecule has 0 aliphatic carbocycles. The Kier molecular flexibility index (Phi) is 3.84. The lowest BCUT2D eigenvalue weighted by molar-refractivity contribution is 0.636. The Morgan fingerprint density at radius 1 is 1.29 bits per heavy atom. The third-order valence-electron chi connectivity index (χ3n) is 2.91. The Bertz CT molecular complexity index is 522. The number of rotatable bonds is 3. The summed E-state index contributed by atoms with van der Waals surface area (Å²) in [7, 11) is 0. The Morgan fingerprint density at radius 3 is 2.59 bits per heavy atom. The lowest BCUT2D eigenvalue weighted by Crippen LogP contribution is -2.28. The number of benzene rings is 1. The number of hydrogen-bond acceptors (Lipinski definition) is 3. The maximum absolute atomic E-state index is 6.15. The van der Waals surface area contributed by atoms with Gasteiger partial charge in [0, 0.05) is 9.90 Å². The van der Waals surface area contributed by atoms with Crippen LogP contribution in [0.15, 0.2) is 29.6 Å². The smallest absolute Gasteiger partial charge is 0.0721 e. The van der Waals surface area contributed by atoms with Gasteiger partial charge in [-0.3, -0.25) is 5.84 Å². The molecule has 0 spiro atoms. The molecule has 0 saturated carbocycles. The maximum atomic E-state index is 6.15. The minimum atomic E-state index is -0.000602. The molecule has 4 heteroatoms. The van der Waals surface area contributed by atoms with Crippen molar-refractivity contribution >= 4 is 22.9 Å². The van der Waals surface area contributed by atoms with Gasteiger partial charge >= 0.3 is 0 Å². The number of hydrogen-bond donors (Lipinski definition) is 2. The van der Waals surface area contributed by atoms with Gasteiger partial charge in [-0.2, -0.15) is 0 Å². The predicted molar refractivity (Wildman–Crippen MR) is 74.4 cm³/mol. The molecule has 2 rings (SSSR count). The molecule has 0 saturated heterocycles. The van der Waals surface area contributed by atoms with Crippen molar-refractivity contribution in [3.63, 3.8) is 0 Å². The van der Waals surface area contributed by atoms with Gasteiger partial charge in [0.15, 0.2) is 0 Å². The second kappa shape index (κ2) is 5.19. The van der Waals surface area contributed by atoms with Crippen LogP contribution in [-0.4, -0.2) is 0 Å². The van der Waals surface area contributed by atoms with E-state index in [9.17, 15) is 0 Å². The molecule has 2 aromatic rings. The molecule has 1 atom stereocenters. The van der Waals surface area contributed by atoms with Crippen LogP contribution in [0.3, 0.4) is 0 Å². The molecule has 1 aromatic heterocycles. The van der Waals surface area contributed by atoms with E-state index in [2.05, 4.69) is 29.9 Å². The number of nitrogens with two attached hydrogens (primary N) is 1. The van der Waals surface area contributed by atoms with Crippen LogP contribution in [0.2, 0.25) is 5.02 Å². The van der Waals surface area contributed by atoms with E-state index in [1.54, 1.807) is 11.3 Å². The topological polar surface area (TPSA) is 38.0 Å². The number of nitrogens with one attached hydrogen (secondary N) is 1. The van der Waals surface area contributed by atoms with Crippen molar-refractivity contribution in [1.29, 1.82) is 0 Å². The summed E-state index contributed by atoms with van der Waals surface area (Å²) in [6, 6.07) is 8.14. The van der Waals surface area contributed by atoms with Gasteiger partial charge in [0.05, 0.1) is 6.04 Å². The average molecular weight is 267 g/mol. The zero-order valence-corrected chi connectivity index (χ0v) is 11.4. The first-order chi connectivity index (χ1) is 8.13. The van der Waals surface area contributed by atoms with Crippen molar-refractivity contribution in [2.75, 3.05) is 0 Å². The first-order valence-corrected chi connectivity index (χ1v) is 6.65. The normalized spacial score (nSPS) is 12.7. The Hall–Kier alpha value is -0.870. The summed E-state index contributed by atoms with van der Waals surface area (Å²) in [4.78, 5) is 1.27. The molecule has 0 aliphatic heterocycles. The number of hydrazine groups is 1. The molecule has 17 heavy (non-hydrogen) atoms. The highest BCUT2D eigenvalue weighted by atomic mass is 35.5.